The minimum Gasteiger partial charge on any atom is -0.476 e. The third-order valence-electron chi connectivity index (χ3n) is 4.01. The van der Waals surface area contributed by atoms with E-state index in [0.717, 1.165) is 30.6 Å². The molecule has 0 unspecified atom stereocenters. The van der Waals surface area contributed by atoms with Gasteiger partial charge in [0.05, 0.1) is 4.90 Å². The van der Waals surface area contributed by atoms with E-state index in [2.05, 4.69) is 10.3 Å². The van der Waals surface area contributed by atoms with Crippen molar-refractivity contribution in [2.45, 2.75) is 24.2 Å². The fraction of sp³-hybridized carbons (Fsp3) is 0.312. The summed E-state index contributed by atoms with van der Waals surface area (Å²) in [5.41, 5.74) is 0.114. The number of piperidine rings is 1. The molecular formula is C16H17N3O5S2. The summed E-state index contributed by atoms with van der Waals surface area (Å²) < 4.78 is 26.6. The maximum Gasteiger partial charge on any atom is 0.355 e. The van der Waals surface area contributed by atoms with Crippen molar-refractivity contribution in [2.75, 3.05) is 18.4 Å². The Hall–Kier alpha value is -2.30. The van der Waals surface area contributed by atoms with Gasteiger partial charge >= 0.3 is 5.97 Å². The Kier molecular flexibility index (Phi) is 5.35. The van der Waals surface area contributed by atoms with Crippen LogP contribution in [0.4, 0.5) is 5.13 Å². The van der Waals surface area contributed by atoms with Crippen LogP contribution in [0.25, 0.3) is 0 Å². The molecule has 2 aromatic rings. The van der Waals surface area contributed by atoms with Gasteiger partial charge in [0, 0.05) is 24.0 Å². The number of aromatic carboxylic acids is 1. The van der Waals surface area contributed by atoms with Crippen LogP contribution in [0.1, 0.15) is 40.1 Å². The van der Waals surface area contributed by atoms with Crippen LogP contribution in [-0.4, -0.2) is 47.8 Å². The van der Waals surface area contributed by atoms with Crippen molar-refractivity contribution in [1.82, 2.24) is 9.29 Å². The van der Waals surface area contributed by atoms with Crippen LogP contribution in [0.15, 0.2) is 34.5 Å². The molecule has 1 aromatic carbocycles. The molecule has 1 amide bonds. The van der Waals surface area contributed by atoms with Crippen LogP contribution in [0.2, 0.25) is 0 Å². The molecule has 0 aliphatic carbocycles. The number of carboxylic acids is 1. The Morgan fingerprint density at radius 3 is 2.35 bits per heavy atom. The number of nitrogens with zero attached hydrogens (tertiary/aromatic N) is 2. The van der Waals surface area contributed by atoms with Gasteiger partial charge in [0.1, 0.15) is 0 Å². The second-order valence-electron chi connectivity index (χ2n) is 5.79. The Morgan fingerprint density at radius 2 is 1.77 bits per heavy atom. The molecule has 1 aromatic heterocycles. The highest BCUT2D eigenvalue weighted by Crippen LogP contribution is 2.21. The molecule has 0 spiro atoms. The van der Waals surface area contributed by atoms with Crippen LogP contribution in [0.5, 0.6) is 0 Å². The van der Waals surface area contributed by atoms with Crippen molar-refractivity contribution in [1.29, 1.82) is 0 Å². The van der Waals surface area contributed by atoms with Gasteiger partial charge in [-0.05, 0) is 37.1 Å². The van der Waals surface area contributed by atoms with E-state index in [0.29, 0.717) is 13.1 Å². The number of hydrogen-bond acceptors (Lipinski definition) is 6. The van der Waals surface area contributed by atoms with Crippen LogP contribution in [-0.2, 0) is 10.0 Å². The zero-order valence-electron chi connectivity index (χ0n) is 13.7. The van der Waals surface area contributed by atoms with Crippen molar-refractivity contribution in [3.8, 4) is 0 Å². The molecule has 8 nitrogen and oxygen atoms in total. The van der Waals surface area contributed by atoms with Gasteiger partial charge in [-0.2, -0.15) is 4.31 Å². The summed E-state index contributed by atoms with van der Waals surface area (Å²) in [6.07, 6.45) is 2.74. The highest BCUT2D eigenvalue weighted by atomic mass is 32.2. The molecule has 26 heavy (non-hydrogen) atoms. The van der Waals surface area contributed by atoms with E-state index in [4.69, 9.17) is 5.11 Å². The first-order chi connectivity index (χ1) is 12.4. The lowest BCUT2D eigenvalue weighted by atomic mass is 10.2. The normalized spacial score (nSPS) is 15.5. The van der Waals surface area contributed by atoms with Gasteiger partial charge in [-0.3, -0.25) is 10.1 Å². The van der Waals surface area contributed by atoms with Gasteiger partial charge in [-0.1, -0.05) is 6.42 Å². The first-order valence-corrected chi connectivity index (χ1v) is 10.3. The minimum absolute atomic E-state index is 0.145. The molecule has 1 saturated heterocycles. The third-order valence-corrected chi connectivity index (χ3v) is 6.68. The van der Waals surface area contributed by atoms with E-state index in [1.807, 2.05) is 0 Å². The van der Waals surface area contributed by atoms with Crippen molar-refractivity contribution >= 4 is 38.4 Å². The van der Waals surface area contributed by atoms with Gasteiger partial charge in [0.25, 0.3) is 5.91 Å². The summed E-state index contributed by atoms with van der Waals surface area (Å²) in [4.78, 5) is 26.9. The van der Waals surface area contributed by atoms with Crippen LogP contribution in [0.3, 0.4) is 0 Å². The van der Waals surface area contributed by atoms with Crippen molar-refractivity contribution in [3.63, 3.8) is 0 Å². The number of amides is 1. The molecule has 1 aliphatic heterocycles. The number of carboxylic acid groups (broad SMARTS) is 1. The highest BCUT2D eigenvalue weighted by molar-refractivity contribution is 7.89. The van der Waals surface area contributed by atoms with E-state index in [1.54, 1.807) is 0 Å². The Balaban J connectivity index is 1.72. The number of anilines is 1. The molecule has 2 heterocycles. The number of aromatic nitrogens is 1. The predicted octanol–water partition coefficient (Wildman–Crippen LogP) is 2.27. The quantitative estimate of drug-likeness (QED) is 0.802. The highest BCUT2D eigenvalue weighted by Gasteiger charge is 2.26. The lowest BCUT2D eigenvalue weighted by Crippen LogP contribution is -2.35. The van der Waals surface area contributed by atoms with Crippen LogP contribution in [0, 0.1) is 0 Å². The van der Waals surface area contributed by atoms with Gasteiger partial charge in [-0.15, -0.1) is 11.3 Å². The lowest BCUT2D eigenvalue weighted by molar-refractivity contribution is 0.0691. The molecule has 1 fully saturated rings. The molecule has 1 aliphatic rings. The summed E-state index contributed by atoms with van der Waals surface area (Å²) in [7, 11) is -3.54. The van der Waals surface area contributed by atoms with E-state index in [-0.39, 0.29) is 21.3 Å². The largest absolute Gasteiger partial charge is 0.476 e. The lowest BCUT2D eigenvalue weighted by Gasteiger charge is -2.25. The molecule has 0 bridgehead atoms. The fourth-order valence-electron chi connectivity index (χ4n) is 2.63. The van der Waals surface area contributed by atoms with E-state index in [1.165, 1.54) is 34.0 Å². The fourth-order valence-corrected chi connectivity index (χ4v) is 4.83. The smallest absolute Gasteiger partial charge is 0.355 e. The first-order valence-electron chi connectivity index (χ1n) is 7.98. The first kappa shape index (κ1) is 18.5. The maximum atomic E-state index is 12.6. The number of rotatable bonds is 5. The van der Waals surface area contributed by atoms with E-state index in [9.17, 15) is 18.0 Å². The zero-order valence-corrected chi connectivity index (χ0v) is 15.3. The summed E-state index contributed by atoms with van der Waals surface area (Å²) in [6, 6.07) is 5.67. The average molecular weight is 395 g/mol. The molecule has 3 rings (SSSR count). The molecule has 138 valence electrons. The average Bonchev–Trinajstić information content (AvgIpc) is 3.11. The Labute approximate surface area is 154 Å². The van der Waals surface area contributed by atoms with Crippen molar-refractivity contribution in [3.05, 3.63) is 40.9 Å². The Bertz CT molecular complexity index is 916. The van der Waals surface area contributed by atoms with Gasteiger partial charge in [0.15, 0.2) is 10.8 Å². The third kappa shape index (κ3) is 3.92. The zero-order chi connectivity index (χ0) is 18.7. The van der Waals surface area contributed by atoms with Gasteiger partial charge in [-0.25, -0.2) is 18.2 Å². The SMILES string of the molecule is O=C(Nc1nc(C(=O)O)cs1)c1ccc(S(=O)(=O)N2CCCCC2)cc1. The molecule has 10 heteroatoms. The van der Waals surface area contributed by atoms with Crippen LogP contribution >= 0.6 is 11.3 Å². The van der Waals surface area contributed by atoms with E-state index >= 15 is 0 Å². The number of carbonyl (C=O) groups excluding carboxylic acids is 1. The second kappa shape index (κ2) is 7.52. The predicted molar refractivity (Wildman–Crippen MR) is 96.1 cm³/mol. The standard InChI is InChI=1S/C16H17N3O5S2/c20-14(18-16-17-13(10-25-16)15(21)22)11-4-6-12(7-5-11)26(23,24)19-8-2-1-3-9-19/h4-7,10H,1-3,8-9H2,(H,21,22)(H,17,18,20). The summed E-state index contributed by atoms with van der Waals surface area (Å²) in [5, 5.41) is 12.8. The molecule has 2 N–H and O–H groups in total. The van der Waals surface area contributed by atoms with Gasteiger partial charge in [0.2, 0.25) is 10.0 Å². The molecular weight excluding hydrogens is 378 g/mol. The van der Waals surface area contributed by atoms with Crippen molar-refractivity contribution < 1.29 is 23.1 Å². The number of hydrogen-bond donors (Lipinski definition) is 2. The van der Waals surface area contributed by atoms with Crippen LogP contribution < -0.4 is 5.32 Å². The van der Waals surface area contributed by atoms with Crippen molar-refractivity contribution in [2.24, 2.45) is 0 Å². The molecule has 0 saturated carbocycles. The molecule has 0 atom stereocenters. The topological polar surface area (TPSA) is 117 Å². The second-order valence-corrected chi connectivity index (χ2v) is 8.58. The number of benzene rings is 1. The summed E-state index contributed by atoms with van der Waals surface area (Å²) in [6.45, 7) is 1.03. The number of sulfonamides is 1. The van der Waals surface area contributed by atoms with E-state index < -0.39 is 21.9 Å². The monoisotopic (exact) mass is 395 g/mol. The molecule has 0 radical (unpaired) electrons. The maximum absolute atomic E-state index is 12.6. The number of thiazole rings is 1. The summed E-state index contributed by atoms with van der Waals surface area (Å²) >= 11 is 1.00. The van der Waals surface area contributed by atoms with Gasteiger partial charge < -0.3 is 5.11 Å². The number of carbonyl (C=O) groups is 2. The summed E-state index contributed by atoms with van der Waals surface area (Å²) in [5.74, 6) is -1.66. The number of nitrogens with one attached hydrogen (secondary N) is 1. The Morgan fingerprint density at radius 1 is 1.12 bits per heavy atom. The minimum atomic E-state index is -3.54.